The van der Waals surface area contributed by atoms with Crippen LogP contribution < -0.4 is 10.5 Å². The van der Waals surface area contributed by atoms with Crippen LogP contribution in [0.1, 0.15) is 5.56 Å². The minimum Gasteiger partial charge on any atom is -0.457 e. The van der Waals surface area contributed by atoms with Gasteiger partial charge < -0.3 is 10.5 Å². The van der Waals surface area contributed by atoms with E-state index in [0.29, 0.717) is 18.0 Å². The second-order valence-corrected chi connectivity index (χ2v) is 6.55. The monoisotopic (exact) mass is 291 g/mol. The van der Waals surface area contributed by atoms with Crippen molar-refractivity contribution in [2.24, 2.45) is 5.73 Å². The zero-order valence-electron chi connectivity index (χ0n) is 11.2. The molecule has 0 spiro atoms. The summed E-state index contributed by atoms with van der Waals surface area (Å²) in [7, 11) is -3.23. The quantitative estimate of drug-likeness (QED) is 0.918. The zero-order valence-corrected chi connectivity index (χ0v) is 12.1. The molecule has 0 aliphatic rings. The van der Waals surface area contributed by atoms with Gasteiger partial charge >= 0.3 is 0 Å². The fraction of sp³-hybridized carbons (Fsp3) is 0.200. The highest BCUT2D eigenvalue weighted by Crippen LogP contribution is 2.24. The number of ether oxygens (including phenoxy) is 1. The van der Waals surface area contributed by atoms with Crippen LogP contribution in [0.15, 0.2) is 53.4 Å². The Morgan fingerprint density at radius 1 is 1.05 bits per heavy atom. The molecule has 5 heteroatoms. The first kappa shape index (κ1) is 14.6. The molecule has 4 nitrogen and oxygen atoms in total. The van der Waals surface area contributed by atoms with Crippen molar-refractivity contribution in [1.29, 1.82) is 0 Å². The summed E-state index contributed by atoms with van der Waals surface area (Å²) >= 11 is 0. The molecule has 2 N–H and O–H groups in total. The van der Waals surface area contributed by atoms with Gasteiger partial charge in [-0.2, -0.15) is 0 Å². The van der Waals surface area contributed by atoms with Gasteiger partial charge in [-0.05, 0) is 48.9 Å². The second kappa shape index (κ2) is 6.07. The van der Waals surface area contributed by atoms with Crippen molar-refractivity contribution in [3.05, 3.63) is 54.1 Å². The lowest BCUT2D eigenvalue weighted by Gasteiger charge is -2.08. The summed E-state index contributed by atoms with van der Waals surface area (Å²) in [4.78, 5) is 0.245. The van der Waals surface area contributed by atoms with E-state index >= 15 is 0 Å². The molecule has 2 aromatic rings. The molecular weight excluding hydrogens is 274 g/mol. The molecule has 2 rings (SSSR count). The predicted molar refractivity (Wildman–Crippen MR) is 78.8 cm³/mol. The number of rotatable bonds is 5. The van der Waals surface area contributed by atoms with Gasteiger partial charge in [0.2, 0.25) is 0 Å². The predicted octanol–water partition coefficient (Wildman–Crippen LogP) is 2.38. The van der Waals surface area contributed by atoms with Crippen molar-refractivity contribution >= 4 is 9.84 Å². The molecule has 20 heavy (non-hydrogen) atoms. The first-order valence-electron chi connectivity index (χ1n) is 6.26. The summed E-state index contributed by atoms with van der Waals surface area (Å²) in [5.41, 5.74) is 6.63. The van der Waals surface area contributed by atoms with E-state index < -0.39 is 9.84 Å². The lowest BCUT2D eigenvalue weighted by Crippen LogP contribution is -2.02. The van der Waals surface area contributed by atoms with Gasteiger partial charge in [-0.25, -0.2) is 8.42 Å². The van der Waals surface area contributed by atoms with E-state index in [1.54, 1.807) is 18.2 Å². The van der Waals surface area contributed by atoms with Crippen LogP contribution in [0, 0.1) is 0 Å². The lowest BCUT2D eigenvalue weighted by molar-refractivity contribution is 0.480. The Kier molecular flexibility index (Phi) is 4.42. The van der Waals surface area contributed by atoms with E-state index in [1.807, 2.05) is 24.3 Å². The van der Waals surface area contributed by atoms with Gasteiger partial charge in [-0.15, -0.1) is 0 Å². The van der Waals surface area contributed by atoms with E-state index in [2.05, 4.69) is 0 Å². The van der Waals surface area contributed by atoms with Gasteiger partial charge in [-0.3, -0.25) is 0 Å². The van der Waals surface area contributed by atoms with Crippen LogP contribution in [0.5, 0.6) is 11.5 Å². The molecule has 0 unspecified atom stereocenters. The van der Waals surface area contributed by atoms with Gasteiger partial charge in [0.15, 0.2) is 9.84 Å². The molecular formula is C15H17NO3S. The SMILES string of the molecule is CS(=O)(=O)c1cccc(Oc2ccc(CCN)cc2)c1. The molecule has 2 aromatic carbocycles. The number of benzene rings is 2. The van der Waals surface area contributed by atoms with Gasteiger partial charge in [0, 0.05) is 6.26 Å². The maximum atomic E-state index is 11.5. The maximum Gasteiger partial charge on any atom is 0.175 e. The third kappa shape index (κ3) is 3.82. The van der Waals surface area contributed by atoms with E-state index in [1.165, 1.54) is 12.3 Å². The fourth-order valence-electron chi connectivity index (χ4n) is 1.80. The second-order valence-electron chi connectivity index (χ2n) is 4.53. The molecule has 0 heterocycles. The molecule has 0 saturated heterocycles. The van der Waals surface area contributed by atoms with Crippen LogP contribution in [0.25, 0.3) is 0 Å². The van der Waals surface area contributed by atoms with Crippen LogP contribution in [0.2, 0.25) is 0 Å². The molecule has 0 aliphatic carbocycles. The first-order valence-corrected chi connectivity index (χ1v) is 8.15. The Labute approximate surface area is 119 Å². The van der Waals surface area contributed by atoms with Crippen molar-refractivity contribution in [2.75, 3.05) is 12.8 Å². The Bertz CT molecular complexity index is 679. The van der Waals surface area contributed by atoms with Crippen LogP contribution in [0.4, 0.5) is 0 Å². The van der Waals surface area contributed by atoms with E-state index in [9.17, 15) is 8.42 Å². The normalized spacial score (nSPS) is 11.3. The van der Waals surface area contributed by atoms with Gasteiger partial charge in [0.25, 0.3) is 0 Å². The highest BCUT2D eigenvalue weighted by Gasteiger charge is 2.08. The van der Waals surface area contributed by atoms with Crippen LogP contribution in [-0.4, -0.2) is 21.2 Å². The largest absolute Gasteiger partial charge is 0.457 e. The van der Waals surface area contributed by atoms with Crippen molar-refractivity contribution in [3.63, 3.8) is 0 Å². The van der Waals surface area contributed by atoms with Crippen molar-refractivity contribution in [2.45, 2.75) is 11.3 Å². The van der Waals surface area contributed by atoms with Crippen molar-refractivity contribution < 1.29 is 13.2 Å². The summed E-state index contributed by atoms with van der Waals surface area (Å²) in [6.07, 6.45) is 2.00. The summed E-state index contributed by atoms with van der Waals surface area (Å²) in [6.45, 7) is 0.608. The zero-order chi connectivity index (χ0) is 14.6. The third-order valence-electron chi connectivity index (χ3n) is 2.83. The van der Waals surface area contributed by atoms with Gasteiger partial charge in [0.05, 0.1) is 4.90 Å². The van der Waals surface area contributed by atoms with Crippen LogP contribution in [0.3, 0.4) is 0 Å². The van der Waals surface area contributed by atoms with Crippen molar-refractivity contribution in [3.8, 4) is 11.5 Å². The molecule has 106 valence electrons. The molecule has 0 amide bonds. The van der Waals surface area contributed by atoms with Gasteiger partial charge in [-0.1, -0.05) is 18.2 Å². The summed E-state index contributed by atoms with van der Waals surface area (Å²) in [6, 6.07) is 14.0. The summed E-state index contributed by atoms with van der Waals surface area (Å²) < 4.78 is 28.6. The average molecular weight is 291 g/mol. The highest BCUT2D eigenvalue weighted by atomic mass is 32.2. The third-order valence-corrected chi connectivity index (χ3v) is 3.94. The van der Waals surface area contributed by atoms with Crippen LogP contribution in [-0.2, 0) is 16.3 Å². The fourth-order valence-corrected chi connectivity index (χ4v) is 2.45. The molecule has 0 radical (unpaired) electrons. The minimum atomic E-state index is -3.23. The standard InChI is InChI=1S/C15H17NO3S/c1-20(17,18)15-4-2-3-14(11-15)19-13-7-5-12(6-8-13)9-10-16/h2-8,11H,9-10,16H2,1H3. The Balaban J connectivity index is 2.17. The topological polar surface area (TPSA) is 69.4 Å². The molecule has 0 aromatic heterocycles. The molecule has 0 bridgehead atoms. The first-order chi connectivity index (χ1) is 9.49. The van der Waals surface area contributed by atoms with E-state index in [-0.39, 0.29) is 4.90 Å². The van der Waals surface area contributed by atoms with Gasteiger partial charge in [0.1, 0.15) is 11.5 Å². The highest BCUT2D eigenvalue weighted by molar-refractivity contribution is 7.90. The molecule has 0 fully saturated rings. The number of hydrogen-bond acceptors (Lipinski definition) is 4. The minimum absolute atomic E-state index is 0.245. The molecule has 0 aliphatic heterocycles. The number of hydrogen-bond donors (Lipinski definition) is 1. The Morgan fingerprint density at radius 3 is 2.35 bits per heavy atom. The van der Waals surface area contributed by atoms with Crippen LogP contribution >= 0.6 is 0 Å². The lowest BCUT2D eigenvalue weighted by atomic mass is 10.1. The maximum absolute atomic E-state index is 11.5. The number of sulfone groups is 1. The Hall–Kier alpha value is -1.85. The summed E-state index contributed by atoms with van der Waals surface area (Å²) in [5, 5.41) is 0. The molecule has 0 atom stereocenters. The van der Waals surface area contributed by atoms with E-state index in [4.69, 9.17) is 10.5 Å². The van der Waals surface area contributed by atoms with Crippen molar-refractivity contribution in [1.82, 2.24) is 0 Å². The summed E-state index contributed by atoms with van der Waals surface area (Å²) in [5.74, 6) is 1.16. The molecule has 0 saturated carbocycles. The smallest absolute Gasteiger partial charge is 0.175 e. The number of nitrogens with two attached hydrogens (primary N) is 1. The van der Waals surface area contributed by atoms with E-state index in [0.717, 1.165) is 12.0 Å². The average Bonchev–Trinajstić information content (AvgIpc) is 2.41. The Morgan fingerprint density at radius 2 is 1.75 bits per heavy atom.